The minimum Gasteiger partial charge on any atom is -0.335 e. The highest BCUT2D eigenvalue weighted by Gasteiger charge is 2.23. The Morgan fingerprint density at radius 2 is 1.93 bits per heavy atom. The zero-order chi connectivity index (χ0) is 21.5. The third-order valence-electron chi connectivity index (χ3n) is 5.26. The van der Waals surface area contributed by atoms with Crippen LogP contribution in [0.5, 0.6) is 0 Å². The summed E-state index contributed by atoms with van der Waals surface area (Å²) in [5, 5.41) is 9.37. The molecule has 0 aliphatic carbocycles. The Kier molecular flexibility index (Phi) is 7.90. The van der Waals surface area contributed by atoms with Crippen molar-refractivity contribution in [2.24, 2.45) is 0 Å². The van der Waals surface area contributed by atoms with Gasteiger partial charge in [-0.15, -0.1) is 10.2 Å². The zero-order valence-corrected chi connectivity index (χ0v) is 18.9. The molecule has 0 spiro atoms. The molecule has 1 fully saturated rings. The third kappa shape index (κ3) is 5.41. The molecule has 1 aliphatic rings. The summed E-state index contributed by atoms with van der Waals surface area (Å²) in [5.74, 6) is 1.30. The second-order valence-corrected chi connectivity index (χ2v) is 8.69. The molecular weight excluding hydrogens is 398 g/mol. The van der Waals surface area contributed by atoms with Gasteiger partial charge in [-0.25, -0.2) is 0 Å². The topological polar surface area (TPSA) is 71.3 Å². The van der Waals surface area contributed by atoms with E-state index in [1.807, 2.05) is 65.5 Å². The Labute approximate surface area is 182 Å². The van der Waals surface area contributed by atoms with Gasteiger partial charge in [0.15, 0.2) is 11.0 Å². The number of amides is 2. The molecule has 162 valence electrons. The predicted octanol–water partition coefficient (Wildman–Crippen LogP) is 3.73. The van der Waals surface area contributed by atoms with Crippen LogP contribution in [0.25, 0.3) is 0 Å². The van der Waals surface area contributed by atoms with E-state index >= 15 is 0 Å². The molecule has 1 aromatic heterocycles. The number of carbonyl (C=O) groups excluding carboxylic acids is 2. The molecule has 8 heteroatoms. The molecule has 3 rings (SSSR count). The van der Waals surface area contributed by atoms with Crippen LogP contribution in [0, 0.1) is 0 Å². The lowest BCUT2D eigenvalue weighted by Gasteiger charge is -2.26. The maximum Gasteiger partial charge on any atom is 0.237 e. The Bertz CT molecular complexity index is 852. The molecule has 0 N–H and O–H groups in total. The van der Waals surface area contributed by atoms with Crippen molar-refractivity contribution in [2.75, 3.05) is 17.2 Å². The molecule has 2 amide bonds. The number of likely N-dealkylation sites (tertiary alicyclic amines) is 1. The van der Waals surface area contributed by atoms with E-state index in [-0.39, 0.29) is 23.6 Å². The van der Waals surface area contributed by atoms with Gasteiger partial charge in [0.25, 0.3) is 0 Å². The van der Waals surface area contributed by atoms with Gasteiger partial charge in [0.05, 0.1) is 12.3 Å². The van der Waals surface area contributed by atoms with E-state index in [4.69, 9.17) is 0 Å². The van der Waals surface area contributed by atoms with Crippen molar-refractivity contribution >= 4 is 29.3 Å². The van der Waals surface area contributed by atoms with Gasteiger partial charge in [-0.3, -0.25) is 9.59 Å². The molecule has 0 saturated carbocycles. The summed E-state index contributed by atoms with van der Waals surface area (Å²) >= 11 is 1.40. The van der Waals surface area contributed by atoms with Gasteiger partial charge in [-0.1, -0.05) is 36.4 Å². The average molecular weight is 430 g/mol. The van der Waals surface area contributed by atoms with Crippen molar-refractivity contribution in [3.05, 3.63) is 36.2 Å². The highest BCUT2D eigenvalue weighted by molar-refractivity contribution is 7.99. The molecule has 1 saturated heterocycles. The largest absolute Gasteiger partial charge is 0.335 e. The molecule has 0 bridgehead atoms. The maximum absolute atomic E-state index is 13.0. The first-order valence-electron chi connectivity index (χ1n) is 10.7. The summed E-state index contributed by atoms with van der Waals surface area (Å²) < 4.78 is 2.01. The zero-order valence-electron chi connectivity index (χ0n) is 18.1. The minimum atomic E-state index is 0.0381. The minimum absolute atomic E-state index is 0.0381. The molecule has 0 unspecified atom stereocenters. The van der Waals surface area contributed by atoms with Gasteiger partial charge in [0.2, 0.25) is 11.8 Å². The van der Waals surface area contributed by atoms with Crippen LogP contribution in [0.15, 0.2) is 35.5 Å². The molecule has 1 aliphatic heterocycles. The van der Waals surface area contributed by atoms with Gasteiger partial charge < -0.3 is 14.4 Å². The third-order valence-corrected chi connectivity index (χ3v) is 6.21. The van der Waals surface area contributed by atoms with Gasteiger partial charge in [-0.2, -0.15) is 0 Å². The lowest BCUT2D eigenvalue weighted by Crippen LogP contribution is -2.38. The van der Waals surface area contributed by atoms with Crippen molar-refractivity contribution in [3.8, 4) is 0 Å². The lowest BCUT2D eigenvalue weighted by atomic mass is 10.2. The second-order valence-electron chi connectivity index (χ2n) is 7.75. The Balaban J connectivity index is 1.68. The Hall–Kier alpha value is -2.35. The second kappa shape index (κ2) is 10.6. The number of thioether (sulfide) groups is 1. The number of carbonyl (C=O) groups is 2. The number of rotatable bonds is 8. The van der Waals surface area contributed by atoms with E-state index < -0.39 is 0 Å². The summed E-state index contributed by atoms with van der Waals surface area (Å²) in [5.41, 5.74) is 0.899. The van der Waals surface area contributed by atoms with E-state index in [0.717, 1.165) is 42.5 Å². The van der Waals surface area contributed by atoms with Crippen molar-refractivity contribution in [3.63, 3.8) is 0 Å². The molecule has 2 aromatic rings. The molecule has 0 radical (unpaired) electrons. The van der Waals surface area contributed by atoms with Gasteiger partial charge in [-0.05, 0) is 45.7 Å². The number of para-hydroxylation sites is 1. The van der Waals surface area contributed by atoms with Crippen molar-refractivity contribution in [1.29, 1.82) is 0 Å². The van der Waals surface area contributed by atoms with Crippen LogP contribution in [0.1, 0.15) is 52.3 Å². The molecule has 1 aromatic carbocycles. The normalized spacial score (nSPS) is 14.8. The van der Waals surface area contributed by atoms with Crippen LogP contribution in [0.2, 0.25) is 0 Å². The van der Waals surface area contributed by atoms with Crippen LogP contribution in [0.4, 0.5) is 5.69 Å². The van der Waals surface area contributed by atoms with E-state index in [2.05, 4.69) is 10.2 Å². The van der Waals surface area contributed by atoms with Gasteiger partial charge >= 0.3 is 0 Å². The predicted molar refractivity (Wildman–Crippen MR) is 119 cm³/mol. The fourth-order valence-corrected chi connectivity index (χ4v) is 4.63. The van der Waals surface area contributed by atoms with Gasteiger partial charge in [0.1, 0.15) is 0 Å². The van der Waals surface area contributed by atoms with Gasteiger partial charge in [0, 0.05) is 31.2 Å². The molecule has 2 heterocycles. The number of aromatic nitrogens is 3. The number of anilines is 1. The van der Waals surface area contributed by atoms with Crippen LogP contribution in [0.3, 0.4) is 0 Å². The van der Waals surface area contributed by atoms with Crippen LogP contribution >= 0.6 is 11.8 Å². The highest BCUT2D eigenvalue weighted by atomic mass is 32.2. The summed E-state index contributed by atoms with van der Waals surface area (Å²) in [6.45, 7) is 8.02. The quantitative estimate of drug-likeness (QED) is 0.598. The fourth-order valence-electron chi connectivity index (χ4n) is 3.75. The lowest BCUT2D eigenvalue weighted by molar-refractivity contribution is -0.131. The van der Waals surface area contributed by atoms with Crippen molar-refractivity contribution in [2.45, 2.75) is 70.7 Å². The van der Waals surface area contributed by atoms with Crippen LogP contribution in [-0.2, 0) is 22.7 Å². The maximum atomic E-state index is 13.0. The van der Waals surface area contributed by atoms with E-state index in [1.165, 1.54) is 11.8 Å². The highest BCUT2D eigenvalue weighted by Crippen LogP contribution is 2.23. The van der Waals surface area contributed by atoms with E-state index in [0.29, 0.717) is 19.5 Å². The SMILES string of the molecule is CCn1c(CN2CCCCCC2=O)nnc1SCC(=O)N(c1ccccc1)C(C)C. The number of hydrogen-bond acceptors (Lipinski definition) is 5. The first kappa shape index (κ1) is 22.3. The summed E-state index contributed by atoms with van der Waals surface area (Å²) in [7, 11) is 0. The first-order chi connectivity index (χ1) is 14.5. The molecule has 7 nitrogen and oxygen atoms in total. The summed E-state index contributed by atoms with van der Waals surface area (Å²) in [6.07, 6.45) is 3.71. The first-order valence-corrected chi connectivity index (χ1v) is 11.7. The fraction of sp³-hybridized carbons (Fsp3) is 0.545. The Morgan fingerprint density at radius 3 is 2.63 bits per heavy atom. The summed E-state index contributed by atoms with van der Waals surface area (Å²) in [4.78, 5) is 29.0. The van der Waals surface area contributed by atoms with Crippen LogP contribution in [-0.4, -0.2) is 49.8 Å². The van der Waals surface area contributed by atoms with Crippen molar-refractivity contribution < 1.29 is 9.59 Å². The van der Waals surface area contributed by atoms with E-state index in [1.54, 1.807) is 0 Å². The summed E-state index contributed by atoms with van der Waals surface area (Å²) in [6, 6.07) is 9.79. The molecule has 0 atom stereocenters. The number of benzene rings is 1. The number of nitrogens with zero attached hydrogens (tertiary/aromatic N) is 5. The average Bonchev–Trinajstić information content (AvgIpc) is 3.01. The Morgan fingerprint density at radius 1 is 1.17 bits per heavy atom. The van der Waals surface area contributed by atoms with Crippen LogP contribution < -0.4 is 4.90 Å². The smallest absolute Gasteiger partial charge is 0.237 e. The molecular formula is C22H31N5O2S. The monoisotopic (exact) mass is 429 g/mol. The number of hydrogen-bond donors (Lipinski definition) is 0. The van der Waals surface area contributed by atoms with E-state index in [9.17, 15) is 9.59 Å². The standard InChI is InChI=1S/C22H31N5O2S/c1-4-26-19(15-25-14-10-6-9-13-20(25)28)23-24-22(26)30-16-21(29)27(17(2)3)18-11-7-5-8-12-18/h5,7-8,11-12,17H,4,6,9-10,13-16H2,1-3H3. The molecule has 30 heavy (non-hydrogen) atoms. The van der Waals surface area contributed by atoms with Crippen molar-refractivity contribution in [1.82, 2.24) is 19.7 Å².